The van der Waals surface area contributed by atoms with Crippen LogP contribution in [0.3, 0.4) is 0 Å². The third-order valence-corrected chi connectivity index (χ3v) is 5.62. The first-order valence-electron chi connectivity index (χ1n) is 10.6. The number of carbonyl (C=O) groups is 1. The lowest BCUT2D eigenvalue weighted by Crippen LogP contribution is -2.35. The molecule has 3 aromatic rings. The molecular formula is C26H32N2O3. The average Bonchev–Trinajstić information content (AvgIpc) is 2.68. The zero-order valence-corrected chi connectivity index (χ0v) is 19.5. The molecule has 0 saturated heterocycles. The van der Waals surface area contributed by atoms with Crippen LogP contribution >= 0.6 is 0 Å². The first kappa shape index (κ1) is 22.8. The summed E-state index contributed by atoms with van der Waals surface area (Å²) in [5.41, 5.74) is 4.55. The zero-order chi connectivity index (χ0) is 22.9. The number of nitrogens with one attached hydrogen (secondary N) is 1. The van der Waals surface area contributed by atoms with E-state index in [9.17, 15) is 9.59 Å². The van der Waals surface area contributed by atoms with Gasteiger partial charge in [-0.05, 0) is 61.7 Å². The Labute approximate surface area is 184 Å². The van der Waals surface area contributed by atoms with Crippen molar-refractivity contribution in [3.05, 3.63) is 80.7 Å². The van der Waals surface area contributed by atoms with Gasteiger partial charge >= 0.3 is 0 Å². The summed E-state index contributed by atoms with van der Waals surface area (Å²) in [5.74, 6) is -0.359. The van der Waals surface area contributed by atoms with E-state index in [2.05, 4.69) is 55.3 Å². The molecular weight excluding hydrogens is 388 g/mol. The van der Waals surface area contributed by atoms with Crippen molar-refractivity contribution >= 4 is 16.9 Å². The van der Waals surface area contributed by atoms with Crippen LogP contribution in [0.25, 0.3) is 11.0 Å². The number of fused-ring (bicyclic) bond motifs is 1. The van der Waals surface area contributed by atoms with Crippen LogP contribution in [-0.4, -0.2) is 31.4 Å². The van der Waals surface area contributed by atoms with Gasteiger partial charge in [-0.3, -0.25) is 9.59 Å². The van der Waals surface area contributed by atoms with Crippen LogP contribution in [0.15, 0.2) is 51.7 Å². The largest absolute Gasteiger partial charge is 0.450 e. The molecule has 3 rings (SSSR count). The molecule has 1 N–H and O–H groups in total. The molecule has 31 heavy (non-hydrogen) atoms. The Hall–Kier alpha value is -2.92. The van der Waals surface area contributed by atoms with Crippen LogP contribution in [0.4, 0.5) is 0 Å². The highest BCUT2D eigenvalue weighted by Crippen LogP contribution is 2.25. The Bertz CT molecular complexity index is 1150. The van der Waals surface area contributed by atoms with Crippen LogP contribution in [0.5, 0.6) is 0 Å². The maximum atomic E-state index is 12.8. The number of benzene rings is 2. The van der Waals surface area contributed by atoms with E-state index >= 15 is 0 Å². The van der Waals surface area contributed by atoms with Gasteiger partial charge < -0.3 is 14.6 Å². The first-order valence-corrected chi connectivity index (χ1v) is 10.6. The lowest BCUT2D eigenvalue weighted by atomic mass is 9.86. The van der Waals surface area contributed by atoms with Crippen LogP contribution in [0.2, 0.25) is 0 Å². The summed E-state index contributed by atoms with van der Waals surface area (Å²) in [4.78, 5) is 27.4. The van der Waals surface area contributed by atoms with E-state index in [1.807, 2.05) is 34.0 Å². The third kappa shape index (κ3) is 5.05. The monoisotopic (exact) mass is 420 g/mol. The number of amides is 1. The van der Waals surface area contributed by atoms with Crippen molar-refractivity contribution in [2.24, 2.45) is 0 Å². The van der Waals surface area contributed by atoms with Crippen LogP contribution in [-0.2, 0) is 5.41 Å². The van der Waals surface area contributed by atoms with Gasteiger partial charge in [-0.25, -0.2) is 0 Å². The highest BCUT2D eigenvalue weighted by molar-refractivity contribution is 5.93. The second-order valence-electron chi connectivity index (χ2n) is 9.49. The Balaban J connectivity index is 1.81. The zero-order valence-electron chi connectivity index (χ0n) is 19.5. The average molecular weight is 421 g/mol. The second kappa shape index (κ2) is 8.67. The van der Waals surface area contributed by atoms with Crippen molar-refractivity contribution in [1.29, 1.82) is 0 Å². The Morgan fingerprint density at radius 1 is 1.06 bits per heavy atom. The van der Waals surface area contributed by atoms with E-state index < -0.39 is 5.91 Å². The van der Waals surface area contributed by atoms with Gasteiger partial charge in [-0.2, -0.15) is 0 Å². The number of likely N-dealkylation sites (N-methyl/N-ethyl adjacent to an activating group) is 1. The fourth-order valence-corrected chi connectivity index (χ4v) is 3.80. The molecule has 1 amide bonds. The fraction of sp³-hybridized carbons (Fsp3) is 0.385. The predicted octanol–water partition coefficient (Wildman–Crippen LogP) is 4.74. The van der Waals surface area contributed by atoms with Crippen molar-refractivity contribution in [1.82, 2.24) is 10.2 Å². The molecule has 2 aromatic carbocycles. The predicted molar refractivity (Wildman–Crippen MR) is 126 cm³/mol. The maximum Gasteiger partial charge on any atom is 0.287 e. The van der Waals surface area contributed by atoms with E-state index in [-0.39, 0.29) is 22.6 Å². The number of rotatable bonds is 5. The van der Waals surface area contributed by atoms with Gasteiger partial charge in [0.1, 0.15) is 5.58 Å². The summed E-state index contributed by atoms with van der Waals surface area (Å²) in [5, 5.41) is 3.43. The van der Waals surface area contributed by atoms with Gasteiger partial charge in [0.05, 0.1) is 11.4 Å². The lowest BCUT2D eigenvalue weighted by molar-refractivity contribution is 0.0914. The summed E-state index contributed by atoms with van der Waals surface area (Å²) in [6, 6.07) is 13.5. The minimum Gasteiger partial charge on any atom is -0.450 e. The number of aryl methyl sites for hydroxylation is 2. The SMILES string of the molecule is Cc1cc(C)c2oc(C(=O)NC[C@H](c3ccc(C(C)(C)C)cc3)N(C)C)cc(=O)c2c1. The highest BCUT2D eigenvalue weighted by Gasteiger charge is 2.20. The molecule has 1 atom stereocenters. The molecule has 0 aliphatic carbocycles. The van der Waals surface area contributed by atoms with Gasteiger partial charge in [0.15, 0.2) is 11.2 Å². The van der Waals surface area contributed by atoms with E-state index in [0.717, 1.165) is 16.7 Å². The summed E-state index contributed by atoms with van der Waals surface area (Å²) in [6.45, 7) is 10.8. The normalized spacial score (nSPS) is 12.9. The Morgan fingerprint density at radius 3 is 2.29 bits per heavy atom. The van der Waals surface area contributed by atoms with Crippen molar-refractivity contribution in [3.63, 3.8) is 0 Å². The smallest absolute Gasteiger partial charge is 0.287 e. The van der Waals surface area contributed by atoms with Gasteiger partial charge in [0, 0.05) is 12.6 Å². The van der Waals surface area contributed by atoms with E-state index in [0.29, 0.717) is 17.5 Å². The van der Waals surface area contributed by atoms with Crippen molar-refractivity contribution in [2.75, 3.05) is 20.6 Å². The highest BCUT2D eigenvalue weighted by atomic mass is 16.3. The van der Waals surface area contributed by atoms with Crippen molar-refractivity contribution in [3.8, 4) is 0 Å². The van der Waals surface area contributed by atoms with E-state index in [1.165, 1.54) is 11.6 Å². The minimum absolute atomic E-state index is 0.00506. The van der Waals surface area contributed by atoms with Crippen LogP contribution < -0.4 is 10.7 Å². The van der Waals surface area contributed by atoms with Gasteiger partial charge in [0.25, 0.3) is 5.91 Å². The molecule has 0 bridgehead atoms. The number of nitrogens with zero attached hydrogens (tertiary/aromatic N) is 1. The minimum atomic E-state index is -0.392. The molecule has 0 unspecified atom stereocenters. The molecule has 5 nitrogen and oxygen atoms in total. The fourth-order valence-electron chi connectivity index (χ4n) is 3.80. The van der Waals surface area contributed by atoms with Gasteiger partial charge in [0.2, 0.25) is 0 Å². The third-order valence-electron chi connectivity index (χ3n) is 5.62. The quantitative estimate of drug-likeness (QED) is 0.648. The molecule has 0 saturated carbocycles. The Kier molecular flexibility index (Phi) is 6.37. The summed E-state index contributed by atoms with van der Waals surface area (Å²) in [6.07, 6.45) is 0. The van der Waals surface area contributed by atoms with Crippen molar-refractivity contribution < 1.29 is 9.21 Å². The number of carbonyl (C=O) groups excluding carboxylic acids is 1. The summed E-state index contributed by atoms with van der Waals surface area (Å²) in [7, 11) is 3.96. The molecule has 0 radical (unpaired) electrons. The topological polar surface area (TPSA) is 62.6 Å². The first-order chi connectivity index (χ1) is 14.5. The molecule has 5 heteroatoms. The molecule has 1 heterocycles. The lowest BCUT2D eigenvalue weighted by Gasteiger charge is -2.26. The Morgan fingerprint density at radius 2 is 1.71 bits per heavy atom. The van der Waals surface area contributed by atoms with E-state index in [4.69, 9.17) is 4.42 Å². The molecule has 0 fully saturated rings. The van der Waals surface area contributed by atoms with E-state index in [1.54, 1.807) is 6.07 Å². The molecule has 0 aliphatic rings. The molecule has 1 aromatic heterocycles. The van der Waals surface area contributed by atoms with Gasteiger partial charge in [-0.15, -0.1) is 0 Å². The second-order valence-corrected chi connectivity index (χ2v) is 9.49. The number of hydrogen-bond donors (Lipinski definition) is 1. The standard InChI is InChI=1S/C26H32N2O3/c1-16-12-17(2)24-20(13-16)22(29)14-23(31-24)25(30)27-15-21(28(6)7)18-8-10-19(11-9-18)26(3,4)5/h8-14,21H,15H2,1-7H3,(H,27,30)/t21-/m1/s1. The maximum absolute atomic E-state index is 12.8. The summed E-state index contributed by atoms with van der Waals surface area (Å²) >= 11 is 0. The number of hydrogen-bond acceptors (Lipinski definition) is 4. The molecule has 0 aliphatic heterocycles. The molecule has 0 spiro atoms. The summed E-state index contributed by atoms with van der Waals surface area (Å²) < 4.78 is 5.82. The van der Waals surface area contributed by atoms with Gasteiger partial charge in [-0.1, -0.05) is 51.1 Å². The molecule has 164 valence electrons. The van der Waals surface area contributed by atoms with Crippen LogP contribution in [0, 0.1) is 13.8 Å². The van der Waals surface area contributed by atoms with Crippen LogP contribution in [0.1, 0.15) is 59.6 Å². The van der Waals surface area contributed by atoms with Crippen molar-refractivity contribution in [2.45, 2.75) is 46.1 Å².